The number of anilines is 1. The van der Waals surface area contributed by atoms with Crippen LogP contribution in [-0.4, -0.2) is 47.3 Å². The lowest BCUT2D eigenvalue weighted by Gasteiger charge is -2.23. The van der Waals surface area contributed by atoms with E-state index in [0.29, 0.717) is 25.3 Å². The molecule has 24 heavy (non-hydrogen) atoms. The summed E-state index contributed by atoms with van der Waals surface area (Å²) in [6, 6.07) is 9.75. The van der Waals surface area contributed by atoms with Crippen LogP contribution in [0.3, 0.4) is 0 Å². The van der Waals surface area contributed by atoms with Crippen molar-refractivity contribution < 1.29 is 14.0 Å². The summed E-state index contributed by atoms with van der Waals surface area (Å²) in [4.78, 5) is 28.6. The minimum absolute atomic E-state index is 0.265. The highest BCUT2D eigenvalue weighted by Gasteiger charge is 2.26. The van der Waals surface area contributed by atoms with Gasteiger partial charge in [0.05, 0.1) is 5.69 Å². The van der Waals surface area contributed by atoms with Gasteiger partial charge in [-0.1, -0.05) is 0 Å². The first-order chi connectivity index (χ1) is 11.6. The first kappa shape index (κ1) is 16.2. The third kappa shape index (κ3) is 3.32. The van der Waals surface area contributed by atoms with E-state index < -0.39 is 11.7 Å². The van der Waals surface area contributed by atoms with E-state index in [1.54, 1.807) is 47.0 Å². The van der Waals surface area contributed by atoms with E-state index in [4.69, 9.17) is 0 Å². The van der Waals surface area contributed by atoms with Gasteiger partial charge in [-0.3, -0.25) is 9.59 Å². The van der Waals surface area contributed by atoms with Crippen molar-refractivity contribution in [2.75, 3.05) is 31.1 Å². The molecule has 1 saturated heterocycles. The second kappa shape index (κ2) is 6.86. The summed E-state index contributed by atoms with van der Waals surface area (Å²) in [5.74, 6) is -1.20. The van der Waals surface area contributed by atoms with Crippen molar-refractivity contribution >= 4 is 17.4 Å². The standard InChI is InChI=1S/C18H20FN3O2/c1-20-9-2-4-16(20)17(23)18(24)22-11-3-10-21(12-13-22)15-7-5-14(19)6-8-15/h2,4-9H,3,10-13H2,1H3. The van der Waals surface area contributed by atoms with Gasteiger partial charge in [0.25, 0.3) is 11.7 Å². The molecule has 3 rings (SSSR count). The van der Waals surface area contributed by atoms with E-state index in [1.807, 2.05) is 0 Å². The van der Waals surface area contributed by atoms with Crippen LogP contribution in [0.5, 0.6) is 0 Å². The third-order valence-corrected chi connectivity index (χ3v) is 4.35. The molecule has 1 amide bonds. The Labute approximate surface area is 140 Å². The number of aromatic nitrogens is 1. The normalized spacial score (nSPS) is 15.2. The second-order valence-electron chi connectivity index (χ2n) is 5.94. The molecule has 5 nitrogen and oxygen atoms in total. The van der Waals surface area contributed by atoms with E-state index in [2.05, 4.69) is 4.90 Å². The number of benzene rings is 1. The summed E-state index contributed by atoms with van der Waals surface area (Å²) < 4.78 is 14.7. The second-order valence-corrected chi connectivity index (χ2v) is 5.94. The van der Waals surface area contributed by atoms with Gasteiger partial charge in [-0.05, 0) is 42.8 Å². The van der Waals surface area contributed by atoms with E-state index in [9.17, 15) is 14.0 Å². The smallest absolute Gasteiger partial charge is 0.296 e. The van der Waals surface area contributed by atoms with Crippen LogP contribution < -0.4 is 4.90 Å². The highest BCUT2D eigenvalue weighted by Crippen LogP contribution is 2.17. The lowest BCUT2D eigenvalue weighted by Crippen LogP contribution is -2.39. The summed E-state index contributed by atoms with van der Waals surface area (Å²) in [7, 11) is 1.75. The largest absolute Gasteiger partial charge is 0.370 e. The third-order valence-electron chi connectivity index (χ3n) is 4.35. The average molecular weight is 329 g/mol. The van der Waals surface area contributed by atoms with Crippen molar-refractivity contribution in [1.29, 1.82) is 0 Å². The van der Waals surface area contributed by atoms with Crippen LogP contribution in [0, 0.1) is 5.82 Å². The molecule has 0 spiro atoms. The maximum atomic E-state index is 13.0. The summed E-state index contributed by atoms with van der Waals surface area (Å²) in [6.07, 6.45) is 2.52. The molecule has 0 unspecified atom stereocenters. The minimum Gasteiger partial charge on any atom is -0.370 e. The van der Waals surface area contributed by atoms with Crippen LogP contribution in [-0.2, 0) is 11.8 Å². The molecule has 1 fully saturated rings. The number of carbonyl (C=O) groups is 2. The Morgan fingerprint density at radius 3 is 2.42 bits per heavy atom. The van der Waals surface area contributed by atoms with Crippen molar-refractivity contribution in [2.24, 2.45) is 7.05 Å². The van der Waals surface area contributed by atoms with Crippen molar-refractivity contribution in [3.8, 4) is 0 Å². The Hall–Kier alpha value is -2.63. The molecule has 0 bridgehead atoms. The van der Waals surface area contributed by atoms with E-state index in [-0.39, 0.29) is 5.82 Å². The number of halogens is 1. The topological polar surface area (TPSA) is 45.6 Å². The number of carbonyl (C=O) groups excluding carboxylic acids is 2. The molecule has 0 saturated carbocycles. The quantitative estimate of drug-likeness (QED) is 0.640. The molecule has 1 aliphatic rings. The van der Waals surface area contributed by atoms with Crippen LogP contribution in [0.2, 0.25) is 0 Å². The zero-order valence-electron chi connectivity index (χ0n) is 13.6. The van der Waals surface area contributed by atoms with Crippen LogP contribution in [0.25, 0.3) is 0 Å². The number of ketones is 1. The Bertz CT molecular complexity index is 739. The van der Waals surface area contributed by atoms with Gasteiger partial charge in [0.1, 0.15) is 5.82 Å². The first-order valence-electron chi connectivity index (χ1n) is 8.02. The molecule has 0 N–H and O–H groups in total. The molecule has 6 heteroatoms. The molecular weight excluding hydrogens is 309 g/mol. The predicted molar refractivity (Wildman–Crippen MR) is 89.6 cm³/mol. The molecular formula is C18H20FN3O2. The van der Waals surface area contributed by atoms with Gasteiger partial charge >= 0.3 is 0 Å². The summed E-state index contributed by atoms with van der Waals surface area (Å²) in [5.41, 5.74) is 1.33. The van der Waals surface area contributed by atoms with Crippen molar-refractivity contribution in [3.05, 3.63) is 54.1 Å². The molecule has 1 aromatic carbocycles. The molecule has 1 aliphatic heterocycles. The van der Waals surface area contributed by atoms with Gasteiger partial charge in [0.2, 0.25) is 0 Å². The number of hydrogen-bond acceptors (Lipinski definition) is 3. The molecule has 126 valence electrons. The van der Waals surface area contributed by atoms with Gasteiger partial charge < -0.3 is 14.4 Å². The SMILES string of the molecule is Cn1cccc1C(=O)C(=O)N1CCCN(c2ccc(F)cc2)CC1. The molecule has 2 aromatic rings. The first-order valence-corrected chi connectivity index (χ1v) is 8.02. The maximum absolute atomic E-state index is 13.0. The fourth-order valence-electron chi connectivity index (χ4n) is 2.98. The van der Waals surface area contributed by atoms with Crippen LogP contribution in [0.4, 0.5) is 10.1 Å². The lowest BCUT2D eigenvalue weighted by atomic mass is 10.2. The summed E-state index contributed by atoms with van der Waals surface area (Å²) >= 11 is 0. The number of hydrogen-bond donors (Lipinski definition) is 0. The highest BCUT2D eigenvalue weighted by molar-refractivity contribution is 6.42. The fraction of sp³-hybridized carbons (Fsp3) is 0.333. The number of aryl methyl sites for hydroxylation is 1. The van der Waals surface area contributed by atoms with Gasteiger partial charge in [0.15, 0.2) is 0 Å². The summed E-state index contributed by atoms with van der Waals surface area (Å²) in [5, 5.41) is 0. The number of rotatable bonds is 3. The van der Waals surface area contributed by atoms with Crippen molar-refractivity contribution in [2.45, 2.75) is 6.42 Å². The zero-order chi connectivity index (χ0) is 17.1. The van der Waals surface area contributed by atoms with E-state index in [0.717, 1.165) is 18.7 Å². The minimum atomic E-state index is -0.474. The fourth-order valence-corrected chi connectivity index (χ4v) is 2.98. The van der Waals surface area contributed by atoms with Crippen LogP contribution >= 0.6 is 0 Å². The highest BCUT2D eigenvalue weighted by atomic mass is 19.1. The predicted octanol–water partition coefficient (Wildman–Crippen LogP) is 2.09. The summed E-state index contributed by atoms with van der Waals surface area (Å²) in [6.45, 7) is 2.42. The molecule has 0 aliphatic carbocycles. The number of Topliss-reactive ketones (excluding diaryl/α,β-unsaturated/α-hetero) is 1. The monoisotopic (exact) mass is 329 g/mol. The van der Waals surface area contributed by atoms with Crippen molar-refractivity contribution in [3.63, 3.8) is 0 Å². The average Bonchev–Trinajstić information content (AvgIpc) is 2.86. The Morgan fingerprint density at radius 2 is 1.75 bits per heavy atom. The van der Waals surface area contributed by atoms with Crippen LogP contribution in [0.1, 0.15) is 16.9 Å². The Balaban J connectivity index is 1.67. The maximum Gasteiger partial charge on any atom is 0.296 e. The Morgan fingerprint density at radius 1 is 1.00 bits per heavy atom. The van der Waals surface area contributed by atoms with E-state index in [1.165, 1.54) is 12.1 Å². The van der Waals surface area contributed by atoms with Crippen molar-refractivity contribution in [1.82, 2.24) is 9.47 Å². The van der Waals surface area contributed by atoms with E-state index >= 15 is 0 Å². The van der Waals surface area contributed by atoms with Gasteiger partial charge in [-0.2, -0.15) is 0 Å². The number of amides is 1. The lowest BCUT2D eigenvalue weighted by molar-refractivity contribution is -0.126. The van der Waals surface area contributed by atoms with Gasteiger partial charge in [-0.25, -0.2) is 4.39 Å². The zero-order valence-corrected chi connectivity index (χ0v) is 13.6. The van der Waals surface area contributed by atoms with Crippen LogP contribution in [0.15, 0.2) is 42.6 Å². The number of nitrogens with zero attached hydrogens (tertiary/aromatic N) is 3. The molecule has 1 aromatic heterocycles. The molecule has 2 heterocycles. The van der Waals surface area contributed by atoms with Gasteiger partial charge in [-0.15, -0.1) is 0 Å². The molecule has 0 atom stereocenters. The molecule has 0 radical (unpaired) electrons. The van der Waals surface area contributed by atoms with Gasteiger partial charge in [0, 0.05) is 45.1 Å². The Kier molecular flexibility index (Phi) is 4.64.